The molecule has 1 atom stereocenters. The molecular formula is C15H27N5O. The van der Waals surface area contributed by atoms with E-state index in [4.69, 9.17) is 4.52 Å². The molecule has 6 heteroatoms. The van der Waals surface area contributed by atoms with Crippen LogP contribution in [-0.4, -0.2) is 49.7 Å². The molecule has 2 N–H and O–H groups in total. The Hall–Kier alpha value is -1.56. The monoisotopic (exact) mass is 293 g/mol. The summed E-state index contributed by atoms with van der Waals surface area (Å²) in [4.78, 5) is 6.61. The lowest BCUT2D eigenvalue weighted by Crippen LogP contribution is -2.39. The van der Waals surface area contributed by atoms with Crippen molar-refractivity contribution in [1.82, 2.24) is 20.7 Å². The third kappa shape index (κ3) is 4.74. The summed E-state index contributed by atoms with van der Waals surface area (Å²) in [6.45, 7) is 8.11. The molecule has 1 aromatic rings. The van der Waals surface area contributed by atoms with Crippen molar-refractivity contribution in [3.63, 3.8) is 0 Å². The van der Waals surface area contributed by atoms with Gasteiger partial charge in [0.25, 0.3) is 0 Å². The molecule has 0 bridgehead atoms. The summed E-state index contributed by atoms with van der Waals surface area (Å²) in [5, 5.41) is 10.7. The maximum absolute atomic E-state index is 5.31. The number of nitrogens with zero attached hydrogens (tertiary/aromatic N) is 3. The lowest BCUT2D eigenvalue weighted by atomic mass is 10.1. The number of guanidine groups is 1. The van der Waals surface area contributed by atoms with E-state index in [0.29, 0.717) is 18.4 Å². The minimum absolute atomic E-state index is 0.388. The van der Waals surface area contributed by atoms with Crippen LogP contribution < -0.4 is 10.6 Å². The van der Waals surface area contributed by atoms with Gasteiger partial charge in [0, 0.05) is 26.2 Å². The van der Waals surface area contributed by atoms with Crippen LogP contribution in [0.3, 0.4) is 0 Å². The van der Waals surface area contributed by atoms with Gasteiger partial charge in [-0.3, -0.25) is 4.99 Å². The number of rotatable bonds is 5. The molecule has 1 aliphatic heterocycles. The Morgan fingerprint density at radius 1 is 1.52 bits per heavy atom. The van der Waals surface area contributed by atoms with Gasteiger partial charge in [-0.1, -0.05) is 19.0 Å². The Bertz CT molecular complexity index is 468. The van der Waals surface area contributed by atoms with Gasteiger partial charge in [-0.2, -0.15) is 0 Å². The van der Waals surface area contributed by atoms with E-state index < -0.39 is 0 Å². The van der Waals surface area contributed by atoms with Crippen LogP contribution in [0.25, 0.3) is 0 Å². The average molecular weight is 293 g/mol. The topological polar surface area (TPSA) is 65.7 Å². The third-order valence-corrected chi connectivity index (χ3v) is 3.87. The Labute approximate surface area is 127 Å². The highest BCUT2D eigenvalue weighted by molar-refractivity contribution is 5.79. The van der Waals surface area contributed by atoms with Gasteiger partial charge < -0.3 is 20.1 Å². The molecule has 0 aromatic carbocycles. The summed E-state index contributed by atoms with van der Waals surface area (Å²) in [6, 6.07) is 2.00. The van der Waals surface area contributed by atoms with Crippen LogP contribution in [-0.2, 0) is 6.54 Å². The van der Waals surface area contributed by atoms with Gasteiger partial charge in [-0.05, 0) is 31.8 Å². The molecule has 1 saturated heterocycles. The highest BCUT2D eigenvalue weighted by atomic mass is 16.5. The largest absolute Gasteiger partial charge is 0.359 e. The highest BCUT2D eigenvalue weighted by Gasteiger charge is 2.19. The number of hydrogen-bond acceptors (Lipinski definition) is 4. The van der Waals surface area contributed by atoms with E-state index in [1.165, 1.54) is 13.0 Å². The van der Waals surface area contributed by atoms with E-state index in [0.717, 1.165) is 30.5 Å². The fraction of sp³-hybridized carbons (Fsp3) is 0.733. The van der Waals surface area contributed by atoms with Crippen molar-refractivity contribution in [3.8, 4) is 0 Å². The first-order valence-corrected chi connectivity index (χ1v) is 7.67. The van der Waals surface area contributed by atoms with Crippen molar-refractivity contribution in [2.75, 3.05) is 33.7 Å². The Balaban J connectivity index is 1.74. The fourth-order valence-corrected chi connectivity index (χ4v) is 2.51. The van der Waals surface area contributed by atoms with Crippen molar-refractivity contribution in [3.05, 3.63) is 17.5 Å². The molecular weight excluding hydrogens is 266 g/mol. The van der Waals surface area contributed by atoms with Crippen molar-refractivity contribution < 1.29 is 4.52 Å². The third-order valence-electron chi connectivity index (χ3n) is 3.87. The lowest BCUT2D eigenvalue weighted by molar-refractivity contribution is 0.371. The molecule has 1 fully saturated rings. The average Bonchev–Trinajstić information content (AvgIpc) is 3.08. The Morgan fingerprint density at radius 3 is 2.90 bits per heavy atom. The molecule has 1 aliphatic rings. The zero-order chi connectivity index (χ0) is 15.2. The first-order valence-electron chi connectivity index (χ1n) is 7.67. The molecule has 21 heavy (non-hydrogen) atoms. The van der Waals surface area contributed by atoms with Gasteiger partial charge in [0.1, 0.15) is 0 Å². The van der Waals surface area contributed by atoms with E-state index in [1.807, 2.05) is 6.07 Å². The van der Waals surface area contributed by atoms with Gasteiger partial charge >= 0.3 is 0 Å². The minimum atomic E-state index is 0.388. The van der Waals surface area contributed by atoms with Gasteiger partial charge in [-0.15, -0.1) is 0 Å². The van der Waals surface area contributed by atoms with Crippen molar-refractivity contribution in [1.29, 1.82) is 0 Å². The molecule has 2 rings (SSSR count). The lowest BCUT2D eigenvalue weighted by Gasteiger charge is -2.14. The summed E-state index contributed by atoms with van der Waals surface area (Å²) in [6.07, 6.45) is 1.25. The zero-order valence-corrected chi connectivity index (χ0v) is 13.5. The molecule has 0 aliphatic carbocycles. The summed E-state index contributed by atoms with van der Waals surface area (Å²) in [7, 11) is 3.96. The molecule has 6 nitrogen and oxygen atoms in total. The second-order valence-corrected chi connectivity index (χ2v) is 6.10. The molecule has 0 saturated carbocycles. The molecule has 0 radical (unpaired) electrons. The maximum Gasteiger partial charge on any atom is 0.191 e. The SMILES string of the molecule is CN=C(NCc1cc(C(C)C)no1)NCC1CCN(C)C1. The molecule has 118 valence electrons. The number of nitrogens with one attached hydrogen (secondary N) is 2. The van der Waals surface area contributed by atoms with Gasteiger partial charge in [0.15, 0.2) is 11.7 Å². The Morgan fingerprint density at radius 2 is 2.33 bits per heavy atom. The van der Waals surface area contributed by atoms with Crippen LogP contribution >= 0.6 is 0 Å². The first-order chi connectivity index (χ1) is 10.1. The van der Waals surface area contributed by atoms with E-state index in [-0.39, 0.29) is 0 Å². The van der Waals surface area contributed by atoms with Crippen molar-refractivity contribution in [2.24, 2.45) is 10.9 Å². The molecule has 1 unspecified atom stereocenters. The second-order valence-electron chi connectivity index (χ2n) is 6.10. The van der Waals surface area contributed by atoms with Crippen molar-refractivity contribution in [2.45, 2.75) is 32.7 Å². The predicted octanol–water partition coefficient (Wildman–Crippen LogP) is 1.41. The minimum Gasteiger partial charge on any atom is -0.359 e. The fourth-order valence-electron chi connectivity index (χ4n) is 2.51. The summed E-state index contributed by atoms with van der Waals surface area (Å²) in [5.74, 6) is 2.74. The molecule has 2 heterocycles. The second kappa shape index (κ2) is 7.45. The van der Waals surface area contributed by atoms with Crippen LogP contribution in [0.4, 0.5) is 0 Å². The Kier molecular flexibility index (Phi) is 5.61. The van der Waals surface area contributed by atoms with Crippen LogP contribution in [0.5, 0.6) is 0 Å². The van der Waals surface area contributed by atoms with Crippen LogP contribution in [0.2, 0.25) is 0 Å². The van der Waals surface area contributed by atoms with E-state index in [1.54, 1.807) is 7.05 Å². The maximum atomic E-state index is 5.31. The normalized spacial score (nSPS) is 20.2. The smallest absolute Gasteiger partial charge is 0.191 e. The standard InChI is InChI=1S/C15H27N5O/c1-11(2)14-7-13(21-19-14)9-18-15(16-3)17-8-12-5-6-20(4)10-12/h7,11-12H,5-6,8-10H2,1-4H3,(H2,16,17,18). The zero-order valence-electron chi connectivity index (χ0n) is 13.5. The number of aromatic nitrogens is 1. The van der Waals surface area contributed by atoms with E-state index in [2.05, 4.69) is 46.6 Å². The number of hydrogen-bond donors (Lipinski definition) is 2. The van der Waals surface area contributed by atoms with Crippen molar-refractivity contribution >= 4 is 5.96 Å². The van der Waals surface area contributed by atoms with Crippen LogP contribution in [0, 0.1) is 5.92 Å². The summed E-state index contributed by atoms with van der Waals surface area (Å²) < 4.78 is 5.31. The van der Waals surface area contributed by atoms with E-state index >= 15 is 0 Å². The number of likely N-dealkylation sites (tertiary alicyclic amines) is 1. The van der Waals surface area contributed by atoms with Gasteiger partial charge in [0.05, 0.1) is 12.2 Å². The van der Waals surface area contributed by atoms with Crippen LogP contribution in [0.15, 0.2) is 15.6 Å². The quantitative estimate of drug-likeness (QED) is 0.635. The molecule has 0 amide bonds. The van der Waals surface area contributed by atoms with E-state index in [9.17, 15) is 0 Å². The molecule has 0 spiro atoms. The molecule has 1 aromatic heterocycles. The number of aliphatic imine (C=N–C) groups is 1. The van der Waals surface area contributed by atoms with Gasteiger partial charge in [-0.25, -0.2) is 0 Å². The van der Waals surface area contributed by atoms with Gasteiger partial charge in [0.2, 0.25) is 0 Å². The first kappa shape index (κ1) is 15.8. The highest BCUT2D eigenvalue weighted by Crippen LogP contribution is 2.14. The predicted molar refractivity (Wildman–Crippen MR) is 84.4 cm³/mol. The summed E-state index contributed by atoms with van der Waals surface area (Å²) >= 11 is 0. The van der Waals surface area contributed by atoms with Crippen LogP contribution in [0.1, 0.15) is 37.6 Å². The summed E-state index contributed by atoms with van der Waals surface area (Å²) in [5.41, 5.74) is 0.990.